The Morgan fingerprint density at radius 3 is 2.15 bits per heavy atom. The summed E-state index contributed by atoms with van der Waals surface area (Å²) in [5, 5.41) is 14.9. The number of nitrogens with zero attached hydrogens (tertiary/aromatic N) is 2. The first-order valence-corrected chi connectivity index (χ1v) is 2.53. The van der Waals surface area contributed by atoms with Crippen molar-refractivity contribution < 1.29 is 46.4 Å². The van der Waals surface area contributed by atoms with E-state index in [1.807, 2.05) is 0 Å². The van der Waals surface area contributed by atoms with E-state index in [0.29, 0.717) is 0 Å². The number of aromatic nitrogens is 2. The average molecular weight is 188 g/mol. The van der Waals surface area contributed by atoms with Crippen LogP contribution < -0.4 is 24.0 Å². The zero-order valence-corrected chi connectivity index (χ0v) is 6.25. The summed E-state index contributed by atoms with van der Waals surface area (Å²) in [5.74, 6) is -4.85. The Morgan fingerprint density at radius 2 is 1.92 bits per heavy atom. The number of alkyl halides is 3. The number of rotatable bonds is 1. The molecule has 0 amide bonds. The van der Waals surface area contributed by atoms with Crippen LogP contribution in [0.4, 0.5) is 13.2 Å². The molecule has 0 radical (unpaired) electrons. The molecule has 0 spiro atoms. The fourth-order valence-corrected chi connectivity index (χ4v) is 0.420. The van der Waals surface area contributed by atoms with Crippen LogP contribution in [0.5, 0.6) is 0 Å². The molecule has 0 bridgehead atoms. The Morgan fingerprint density at radius 1 is 1.38 bits per heavy atom. The zero-order valence-electron chi connectivity index (χ0n) is 6.25. The van der Waals surface area contributed by atoms with E-state index in [4.69, 9.17) is 0 Å². The molecule has 9 heteroatoms. The van der Waals surface area contributed by atoms with Gasteiger partial charge in [0, 0.05) is 0 Å². The Hall–Kier alpha value is -1.00. The molecular weight excluding hydrogens is 188 g/mol. The van der Waals surface area contributed by atoms with Gasteiger partial charge in [-0.3, -0.25) is 0 Å². The van der Waals surface area contributed by atoms with Crippen molar-refractivity contribution in [3.8, 4) is 0 Å². The summed E-state index contributed by atoms with van der Waals surface area (Å²) < 4.78 is 38.7. The van der Waals surface area contributed by atoms with E-state index in [1.165, 1.54) is 0 Å². The number of hydrogen-bond donors (Lipinski definition) is 0. The topological polar surface area (TPSA) is 79.0 Å². The maximum atomic E-state index is 11.7. The van der Waals surface area contributed by atoms with Crippen LogP contribution in [0.1, 0.15) is 16.6 Å². The molecule has 0 N–H and O–H groups in total. The number of carbonyl (C=O) groups is 1. The summed E-state index contributed by atoms with van der Waals surface area (Å²) in [6.45, 7) is 0. The predicted octanol–water partition coefficient (Wildman–Crippen LogP) is -3.54. The molecule has 66 valence electrons. The summed E-state index contributed by atoms with van der Waals surface area (Å²) in [4.78, 5) is 9.87. The second kappa shape index (κ2) is 3.80. The number of carboxylic acids is 1. The molecule has 1 rings (SSSR count). The van der Waals surface area contributed by atoms with Crippen molar-refractivity contribution in [1.29, 1.82) is 0 Å². The molecule has 0 saturated heterocycles. The van der Waals surface area contributed by atoms with Gasteiger partial charge in [-0.15, -0.1) is 10.2 Å². The Bertz CT molecular complexity index is 310. The molecule has 1 aromatic heterocycles. The molecule has 0 saturated carbocycles. The van der Waals surface area contributed by atoms with Crippen molar-refractivity contribution in [2.45, 2.75) is 6.18 Å². The van der Waals surface area contributed by atoms with Gasteiger partial charge in [-0.05, 0) is 0 Å². The van der Waals surface area contributed by atoms with Crippen molar-refractivity contribution in [2.24, 2.45) is 0 Å². The molecular formula is C4F3LiN2O3. The van der Waals surface area contributed by atoms with E-state index in [-0.39, 0.29) is 18.9 Å². The van der Waals surface area contributed by atoms with Gasteiger partial charge in [0.1, 0.15) is 5.97 Å². The maximum absolute atomic E-state index is 11.7. The first-order chi connectivity index (χ1) is 5.41. The molecule has 1 heterocycles. The fraction of sp³-hybridized carbons (Fsp3) is 0.250. The van der Waals surface area contributed by atoms with Gasteiger partial charge in [0.25, 0.3) is 5.89 Å². The second-order valence-corrected chi connectivity index (χ2v) is 1.70. The summed E-state index contributed by atoms with van der Waals surface area (Å²) in [5.41, 5.74) is 0. The predicted molar refractivity (Wildman–Crippen MR) is 23.6 cm³/mol. The van der Waals surface area contributed by atoms with Crippen LogP contribution in [0.3, 0.4) is 0 Å². The van der Waals surface area contributed by atoms with Crippen LogP contribution in [0.2, 0.25) is 0 Å². The van der Waals surface area contributed by atoms with Crippen molar-refractivity contribution in [3.05, 3.63) is 11.8 Å². The van der Waals surface area contributed by atoms with E-state index < -0.39 is 23.9 Å². The van der Waals surface area contributed by atoms with Gasteiger partial charge in [0.15, 0.2) is 0 Å². The zero-order chi connectivity index (χ0) is 9.35. The molecule has 0 aliphatic heterocycles. The first kappa shape index (κ1) is 12.0. The van der Waals surface area contributed by atoms with Crippen LogP contribution >= 0.6 is 0 Å². The van der Waals surface area contributed by atoms with E-state index in [9.17, 15) is 23.1 Å². The number of carbonyl (C=O) groups excluding carboxylic acids is 1. The molecule has 13 heavy (non-hydrogen) atoms. The van der Waals surface area contributed by atoms with Gasteiger partial charge >= 0.3 is 30.9 Å². The van der Waals surface area contributed by atoms with Crippen molar-refractivity contribution in [2.75, 3.05) is 0 Å². The van der Waals surface area contributed by atoms with Crippen LogP contribution in [-0.2, 0) is 6.18 Å². The van der Waals surface area contributed by atoms with Crippen molar-refractivity contribution in [3.63, 3.8) is 0 Å². The molecule has 0 aromatic carbocycles. The van der Waals surface area contributed by atoms with Crippen LogP contribution in [0.25, 0.3) is 0 Å². The molecule has 0 fully saturated rings. The Labute approximate surface area is 81.1 Å². The first-order valence-electron chi connectivity index (χ1n) is 2.53. The van der Waals surface area contributed by atoms with Gasteiger partial charge in [-0.25, -0.2) is 0 Å². The summed E-state index contributed by atoms with van der Waals surface area (Å²) in [6, 6.07) is 0. The standard InChI is InChI=1S/C4HF3N2O3.Li/c5-4(6,7)3-9-8-1(12-3)2(10)11;/h(H,10,11);/q;+1/p-1. The third-order valence-corrected chi connectivity index (χ3v) is 0.842. The monoisotopic (exact) mass is 188 g/mol. The summed E-state index contributed by atoms with van der Waals surface area (Å²) in [7, 11) is 0. The molecule has 5 nitrogen and oxygen atoms in total. The van der Waals surface area contributed by atoms with E-state index in [0.717, 1.165) is 0 Å². The van der Waals surface area contributed by atoms with Gasteiger partial charge in [0.05, 0.1) is 0 Å². The largest absolute Gasteiger partial charge is 1.00 e. The van der Waals surface area contributed by atoms with Gasteiger partial charge in [-0.2, -0.15) is 13.2 Å². The minimum absolute atomic E-state index is 0. The number of carboxylic acid groups (broad SMARTS) is 1. The number of aromatic carboxylic acids is 1. The van der Waals surface area contributed by atoms with E-state index in [2.05, 4.69) is 14.6 Å². The quantitative estimate of drug-likeness (QED) is 0.426. The SMILES string of the molecule is O=C([O-])c1nnc(C(F)(F)F)o1.[Li+]. The van der Waals surface area contributed by atoms with Crippen molar-refractivity contribution >= 4 is 5.97 Å². The minimum Gasteiger partial charge on any atom is -0.540 e. The smallest absolute Gasteiger partial charge is 0.540 e. The number of halogens is 3. The molecule has 1 aromatic rings. The van der Waals surface area contributed by atoms with Gasteiger partial charge in [0.2, 0.25) is 0 Å². The van der Waals surface area contributed by atoms with Gasteiger partial charge < -0.3 is 14.3 Å². The van der Waals surface area contributed by atoms with Crippen molar-refractivity contribution in [1.82, 2.24) is 10.2 Å². The summed E-state index contributed by atoms with van der Waals surface area (Å²) >= 11 is 0. The molecule has 0 unspecified atom stereocenters. The van der Waals surface area contributed by atoms with Crippen LogP contribution in [0, 0.1) is 0 Å². The van der Waals surface area contributed by atoms with Gasteiger partial charge in [-0.1, -0.05) is 0 Å². The van der Waals surface area contributed by atoms with Crippen LogP contribution in [0.15, 0.2) is 4.42 Å². The minimum atomic E-state index is -4.83. The second-order valence-electron chi connectivity index (χ2n) is 1.70. The number of hydrogen-bond acceptors (Lipinski definition) is 5. The third kappa shape index (κ3) is 2.75. The summed E-state index contributed by atoms with van der Waals surface area (Å²) in [6.07, 6.45) is -4.83. The van der Waals surface area contributed by atoms with E-state index >= 15 is 0 Å². The maximum Gasteiger partial charge on any atom is 1.00 e. The fourth-order valence-electron chi connectivity index (χ4n) is 0.420. The normalized spacial score (nSPS) is 10.7. The third-order valence-electron chi connectivity index (χ3n) is 0.842. The molecule has 0 aliphatic rings. The Balaban J connectivity index is 0.00000144. The van der Waals surface area contributed by atoms with Crippen LogP contribution in [-0.4, -0.2) is 16.2 Å². The Kier molecular flexibility index (Phi) is 3.51. The molecule has 0 atom stereocenters. The average Bonchev–Trinajstić information content (AvgIpc) is 2.30. The molecule has 0 aliphatic carbocycles. The van der Waals surface area contributed by atoms with E-state index in [1.54, 1.807) is 0 Å².